The summed E-state index contributed by atoms with van der Waals surface area (Å²) in [7, 11) is 0. The molecule has 1 amide bonds. The van der Waals surface area contributed by atoms with Gasteiger partial charge in [-0.15, -0.1) is 24.0 Å². The number of halogens is 1. The van der Waals surface area contributed by atoms with Crippen molar-refractivity contribution in [2.24, 2.45) is 16.6 Å². The van der Waals surface area contributed by atoms with E-state index in [1.54, 1.807) is 0 Å². The number of hydrogen-bond donors (Lipinski definition) is 3. The molecule has 4 N–H and O–H groups in total. The number of rotatable bonds is 13. The van der Waals surface area contributed by atoms with Gasteiger partial charge in [0, 0.05) is 32.8 Å². The molecule has 1 rings (SSSR count). The number of amides is 1. The Morgan fingerprint density at radius 1 is 1.21 bits per heavy atom. The van der Waals surface area contributed by atoms with Gasteiger partial charge < -0.3 is 25.8 Å². The largest absolute Gasteiger partial charge is 0.484 e. The second kappa shape index (κ2) is 16.4. The molecule has 0 atom stereocenters. The number of nitrogens with two attached hydrogens (primary N) is 1. The monoisotopic (exact) mass is 506 g/mol. The number of ether oxygens (including phenoxy) is 2. The highest BCUT2D eigenvalue weighted by Crippen LogP contribution is 2.12. The summed E-state index contributed by atoms with van der Waals surface area (Å²) in [5, 5.41) is 6.59. The molecule has 0 unspecified atom stereocenters. The Bertz CT molecular complexity index is 565. The fourth-order valence-electron chi connectivity index (χ4n) is 2.25. The number of guanidine groups is 1. The van der Waals surface area contributed by atoms with Gasteiger partial charge in [-0.1, -0.05) is 26.0 Å². The van der Waals surface area contributed by atoms with E-state index in [0.29, 0.717) is 11.7 Å². The van der Waals surface area contributed by atoms with E-state index >= 15 is 0 Å². The van der Waals surface area contributed by atoms with Gasteiger partial charge in [0.1, 0.15) is 5.75 Å². The van der Waals surface area contributed by atoms with Gasteiger partial charge in [-0.25, -0.2) is 0 Å². The first-order valence-corrected chi connectivity index (χ1v) is 9.61. The van der Waals surface area contributed by atoms with E-state index in [2.05, 4.69) is 29.5 Å². The first-order chi connectivity index (χ1) is 13.0. The van der Waals surface area contributed by atoms with Crippen LogP contribution in [0.2, 0.25) is 0 Å². The molecule has 0 aliphatic carbocycles. The molecule has 160 valence electrons. The van der Waals surface area contributed by atoms with E-state index < -0.39 is 5.91 Å². The third-order valence-corrected chi connectivity index (χ3v) is 3.52. The van der Waals surface area contributed by atoms with E-state index in [9.17, 15) is 4.79 Å². The Morgan fingerprint density at radius 3 is 2.54 bits per heavy atom. The second-order valence-electron chi connectivity index (χ2n) is 6.66. The Hall–Kier alpha value is -1.55. The topological polar surface area (TPSA) is 98.0 Å². The molecule has 8 heteroatoms. The number of aliphatic imine (C=N–C) groups is 1. The summed E-state index contributed by atoms with van der Waals surface area (Å²) in [5.74, 6) is 1.55. The van der Waals surface area contributed by atoms with E-state index in [1.165, 1.54) is 5.56 Å². The van der Waals surface area contributed by atoms with Crippen LogP contribution < -0.4 is 21.1 Å². The predicted molar refractivity (Wildman–Crippen MR) is 125 cm³/mol. The van der Waals surface area contributed by atoms with E-state index in [-0.39, 0.29) is 30.6 Å². The standard InChI is InChI=1S/C20H34N4O3.HI/c1-4-22-20(23-11-5-13-26-14-16(2)3)24-12-10-17-6-8-18(9-7-17)27-15-19(21)25;/h6-9,16H,4-5,10-15H2,1-3H3,(H2,21,25)(H2,22,23,24);1H. The van der Waals surface area contributed by atoms with Crippen molar-refractivity contribution in [1.82, 2.24) is 10.6 Å². The molecule has 0 aromatic heterocycles. The fraction of sp³-hybridized carbons (Fsp3) is 0.600. The molecule has 0 saturated carbocycles. The van der Waals surface area contributed by atoms with Crippen molar-refractivity contribution in [3.63, 3.8) is 0 Å². The second-order valence-corrected chi connectivity index (χ2v) is 6.66. The molecular weight excluding hydrogens is 471 g/mol. The summed E-state index contributed by atoms with van der Waals surface area (Å²) in [4.78, 5) is 15.3. The Morgan fingerprint density at radius 2 is 1.93 bits per heavy atom. The van der Waals surface area contributed by atoms with Gasteiger partial charge in [-0.05, 0) is 43.4 Å². The maximum atomic E-state index is 10.7. The smallest absolute Gasteiger partial charge is 0.255 e. The molecular formula is C20H35IN4O3. The maximum absolute atomic E-state index is 10.7. The van der Waals surface area contributed by atoms with E-state index in [0.717, 1.165) is 51.6 Å². The first kappa shape index (κ1) is 26.4. The molecule has 0 spiro atoms. The number of carbonyl (C=O) groups excluding carboxylic acids is 1. The molecule has 0 aliphatic rings. The lowest BCUT2D eigenvalue weighted by atomic mass is 10.1. The van der Waals surface area contributed by atoms with Crippen LogP contribution in [0.4, 0.5) is 0 Å². The molecule has 0 fully saturated rings. The van der Waals surface area contributed by atoms with Crippen molar-refractivity contribution in [2.75, 3.05) is 39.5 Å². The zero-order valence-corrected chi connectivity index (χ0v) is 19.5. The van der Waals surface area contributed by atoms with Crippen LogP contribution in [0, 0.1) is 5.92 Å². The van der Waals surface area contributed by atoms with Crippen LogP contribution in [-0.2, 0) is 16.0 Å². The van der Waals surface area contributed by atoms with Crippen LogP contribution in [0.15, 0.2) is 29.3 Å². The van der Waals surface area contributed by atoms with Crippen LogP contribution in [0.3, 0.4) is 0 Å². The predicted octanol–water partition coefficient (Wildman–Crippen LogP) is 2.33. The van der Waals surface area contributed by atoms with Gasteiger partial charge in [-0.2, -0.15) is 0 Å². The number of benzene rings is 1. The summed E-state index contributed by atoms with van der Waals surface area (Å²) in [6.07, 6.45) is 1.77. The van der Waals surface area contributed by atoms with Crippen LogP contribution in [0.25, 0.3) is 0 Å². The van der Waals surface area contributed by atoms with Crippen molar-refractivity contribution in [2.45, 2.75) is 33.6 Å². The minimum absolute atomic E-state index is 0. The van der Waals surface area contributed by atoms with Crippen molar-refractivity contribution < 1.29 is 14.3 Å². The van der Waals surface area contributed by atoms with E-state index in [1.807, 2.05) is 31.2 Å². The average molecular weight is 506 g/mol. The number of primary amides is 1. The SMILES string of the molecule is CCNC(=NCCCOCC(C)C)NCCc1ccc(OCC(N)=O)cc1.I. The third kappa shape index (κ3) is 13.6. The Balaban J connectivity index is 0.00000729. The summed E-state index contributed by atoms with van der Waals surface area (Å²) in [6.45, 7) is 10.1. The number of hydrogen-bond acceptors (Lipinski definition) is 4. The minimum atomic E-state index is -0.481. The molecule has 7 nitrogen and oxygen atoms in total. The molecule has 1 aromatic rings. The highest BCUT2D eigenvalue weighted by molar-refractivity contribution is 14.0. The van der Waals surface area contributed by atoms with Gasteiger partial charge in [0.2, 0.25) is 0 Å². The third-order valence-electron chi connectivity index (χ3n) is 3.52. The zero-order chi connectivity index (χ0) is 19.9. The van der Waals surface area contributed by atoms with Crippen LogP contribution in [0.5, 0.6) is 5.75 Å². The molecule has 0 bridgehead atoms. The fourth-order valence-corrected chi connectivity index (χ4v) is 2.25. The molecule has 1 aromatic carbocycles. The lowest BCUT2D eigenvalue weighted by Crippen LogP contribution is -2.38. The minimum Gasteiger partial charge on any atom is -0.484 e. The molecule has 0 aliphatic heterocycles. The average Bonchev–Trinajstić information content (AvgIpc) is 2.63. The summed E-state index contributed by atoms with van der Waals surface area (Å²) in [5.41, 5.74) is 6.24. The first-order valence-electron chi connectivity index (χ1n) is 9.61. The van der Waals surface area contributed by atoms with Gasteiger partial charge in [-0.3, -0.25) is 9.79 Å². The maximum Gasteiger partial charge on any atom is 0.255 e. The van der Waals surface area contributed by atoms with Gasteiger partial charge in [0.15, 0.2) is 12.6 Å². The quantitative estimate of drug-likeness (QED) is 0.165. The van der Waals surface area contributed by atoms with Crippen molar-refractivity contribution >= 4 is 35.8 Å². The molecule has 0 heterocycles. The van der Waals surface area contributed by atoms with Crippen LogP contribution in [-0.4, -0.2) is 51.3 Å². The van der Waals surface area contributed by atoms with Crippen LogP contribution >= 0.6 is 24.0 Å². The highest BCUT2D eigenvalue weighted by Gasteiger charge is 2.00. The number of carbonyl (C=O) groups is 1. The zero-order valence-electron chi connectivity index (χ0n) is 17.2. The number of nitrogens with one attached hydrogen (secondary N) is 2. The van der Waals surface area contributed by atoms with Crippen molar-refractivity contribution in [1.29, 1.82) is 0 Å². The molecule has 0 radical (unpaired) electrons. The van der Waals surface area contributed by atoms with Gasteiger partial charge in [0.05, 0.1) is 0 Å². The molecule has 0 saturated heterocycles. The van der Waals surface area contributed by atoms with Crippen LogP contribution in [0.1, 0.15) is 32.8 Å². The highest BCUT2D eigenvalue weighted by atomic mass is 127. The lowest BCUT2D eigenvalue weighted by molar-refractivity contribution is -0.119. The molecule has 28 heavy (non-hydrogen) atoms. The summed E-state index contributed by atoms with van der Waals surface area (Å²) >= 11 is 0. The lowest BCUT2D eigenvalue weighted by Gasteiger charge is -2.12. The Labute approximate surface area is 185 Å². The normalized spacial score (nSPS) is 11.1. The summed E-state index contributed by atoms with van der Waals surface area (Å²) in [6, 6.07) is 7.64. The Kier molecular flexibility index (Phi) is 15.5. The van der Waals surface area contributed by atoms with Crippen molar-refractivity contribution in [3.8, 4) is 5.75 Å². The number of nitrogens with zero attached hydrogens (tertiary/aromatic N) is 1. The van der Waals surface area contributed by atoms with E-state index in [4.69, 9.17) is 15.2 Å². The van der Waals surface area contributed by atoms with Crippen molar-refractivity contribution in [3.05, 3.63) is 29.8 Å². The van der Waals surface area contributed by atoms with Gasteiger partial charge >= 0.3 is 0 Å². The van der Waals surface area contributed by atoms with Gasteiger partial charge in [0.25, 0.3) is 5.91 Å². The summed E-state index contributed by atoms with van der Waals surface area (Å²) < 4.78 is 10.8.